The molecular formula is C16H37NO2. The minimum Gasteiger partial charge on any atom is -0.870 e. The van der Waals surface area contributed by atoms with Crippen molar-refractivity contribution in [1.82, 2.24) is 0 Å². The smallest absolute Gasteiger partial charge is 0.102 e. The molecule has 0 unspecified atom stereocenters. The summed E-state index contributed by atoms with van der Waals surface area (Å²) >= 11 is 0. The van der Waals surface area contributed by atoms with Crippen LogP contribution in [0.4, 0.5) is 0 Å². The first-order valence-electron chi connectivity index (χ1n) is 8.05. The van der Waals surface area contributed by atoms with E-state index in [4.69, 9.17) is 5.11 Å². The number of hydrogen-bond acceptors (Lipinski definition) is 2. The predicted octanol–water partition coefficient (Wildman–Crippen LogP) is 3.80. The van der Waals surface area contributed by atoms with Gasteiger partial charge in [-0.1, -0.05) is 58.3 Å². The number of unbranched alkanes of at least 4 members (excludes halogenated alkanes) is 9. The Bertz CT molecular complexity index is 172. The van der Waals surface area contributed by atoms with E-state index in [2.05, 4.69) is 21.0 Å². The molecule has 0 saturated heterocycles. The van der Waals surface area contributed by atoms with Crippen molar-refractivity contribution in [1.29, 1.82) is 0 Å². The Hall–Kier alpha value is -0.120. The van der Waals surface area contributed by atoms with Crippen LogP contribution in [-0.4, -0.2) is 48.9 Å². The zero-order valence-electron chi connectivity index (χ0n) is 13.5. The van der Waals surface area contributed by atoms with Crippen molar-refractivity contribution >= 4 is 0 Å². The minimum absolute atomic E-state index is 0. The predicted molar refractivity (Wildman–Crippen MR) is 82.7 cm³/mol. The second kappa shape index (κ2) is 14.3. The van der Waals surface area contributed by atoms with Crippen molar-refractivity contribution in [2.24, 2.45) is 0 Å². The lowest BCUT2D eigenvalue weighted by molar-refractivity contribution is -0.890. The lowest BCUT2D eigenvalue weighted by Crippen LogP contribution is -2.42. The molecular weight excluding hydrogens is 238 g/mol. The fraction of sp³-hybridized carbons (Fsp3) is 1.00. The summed E-state index contributed by atoms with van der Waals surface area (Å²) in [5.74, 6) is 0. The Morgan fingerprint density at radius 3 is 1.53 bits per heavy atom. The van der Waals surface area contributed by atoms with E-state index in [1.54, 1.807) is 0 Å². The molecule has 3 heteroatoms. The van der Waals surface area contributed by atoms with Crippen molar-refractivity contribution in [2.45, 2.75) is 71.1 Å². The lowest BCUT2D eigenvalue weighted by Gasteiger charge is -2.28. The van der Waals surface area contributed by atoms with E-state index in [0.29, 0.717) is 6.61 Å². The highest BCUT2D eigenvalue weighted by Crippen LogP contribution is 2.11. The van der Waals surface area contributed by atoms with Gasteiger partial charge in [-0.25, -0.2) is 0 Å². The van der Waals surface area contributed by atoms with Crippen LogP contribution in [-0.2, 0) is 0 Å². The van der Waals surface area contributed by atoms with Crippen LogP contribution in [0.25, 0.3) is 0 Å². The third-order valence-electron chi connectivity index (χ3n) is 3.82. The van der Waals surface area contributed by atoms with Gasteiger partial charge in [0.05, 0.1) is 27.2 Å². The van der Waals surface area contributed by atoms with E-state index in [-0.39, 0.29) is 5.48 Å². The number of quaternary nitrogens is 1. The molecule has 0 aromatic rings. The normalized spacial score (nSPS) is 11.4. The summed E-state index contributed by atoms with van der Waals surface area (Å²) in [6, 6.07) is 0. The molecule has 0 aromatic heterocycles. The molecule has 19 heavy (non-hydrogen) atoms. The third-order valence-corrected chi connectivity index (χ3v) is 3.82. The molecule has 3 nitrogen and oxygen atoms in total. The molecule has 0 bridgehead atoms. The summed E-state index contributed by atoms with van der Waals surface area (Å²) < 4.78 is 0.966. The number of nitrogens with zero attached hydrogens (tertiary/aromatic N) is 1. The average Bonchev–Trinajstić information content (AvgIpc) is 2.31. The summed E-state index contributed by atoms with van der Waals surface area (Å²) in [7, 11) is 4.42. The Morgan fingerprint density at radius 1 is 0.684 bits per heavy atom. The SMILES string of the molecule is CCCCCCCCCCCC[N+](C)(C)CCO.[OH-]. The molecule has 0 rings (SSSR count). The van der Waals surface area contributed by atoms with Crippen molar-refractivity contribution < 1.29 is 15.1 Å². The van der Waals surface area contributed by atoms with E-state index in [0.717, 1.165) is 11.0 Å². The van der Waals surface area contributed by atoms with Gasteiger partial charge in [-0.05, 0) is 12.8 Å². The summed E-state index contributed by atoms with van der Waals surface area (Å²) in [6.07, 6.45) is 14.0. The van der Waals surface area contributed by atoms with Crippen LogP contribution in [0.3, 0.4) is 0 Å². The molecule has 0 radical (unpaired) electrons. The summed E-state index contributed by atoms with van der Waals surface area (Å²) in [5.41, 5.74) is 0. The summed E-state index contributed by atoms with van der Waals surface area (Å²) in [6.45, 7) is 4.68. The average molecular weight is 275 g/mol. The lowest BCUT2D eigenvalue weighted by atomic mass is 10.1. The third kappa shape index (κ3) is 15.8. The van der Waals surface area contributed by atoms with E-state index in [1.165, 1.54) is 70.8 Å². The first-order valence-corrected chi connectivity index (χ1v) is 8.05. The number of hydrogen-bond donors (Lipinski definition) is 1. The maximum Gasteiger partial charge on any atom is 0.102 e. The fourth-order valence-electron chi connectivity index (χ4n) is 2.41. The van der Waals surface area contributed by atoms with Crippen LogP contribution >= 0.6 is 0 Å². The molecule has 118 valence electrons. The largest absolute Gasteiger partial charge is 0.870 e. The van der Waals surface area contributed by atoms with E-state index < -0.39 is 0 Å². The van der Waals surface area contributed by atoms with Gasteiger partial charge < -0.3 is 15.1 Å². The van der Waals surface area contributed by atoms with Crippen LogP contribution in [0, 0.1) is 0 Å². The van der Waals surface area contributed by atoms with Gasteiger partial charge in [0.25, 0.3) is 0 Å². The molecule has 0 aliphatic carbocycles. The zero-order chi connectivity index (χ0) is 13.7. The van der Waals surface area contributed by atoms with Gasteiger partial charge in [0, 0.05) is 0 Å². The summed E-state index contributed by atoms with van der Waals surface area (Å²) in [5, 5.41) is 8.95. The Morgan fingerprint density at radius 2 is 1.11 bits per heavy atom. The van der Waals surface area contributed by atoms with Gasteiger partial charge in [0.15, 0.2) is 0 Å². The molecule has 0 atom stereocenters. The molecule has 0 amide bonds. The zero-order valence-corrected chi connectivity index (χ0v) is 13.5. The Balaban J connectivity index is 0. The Kier molecular flexibility index (Phi) is 15.9. The first-order chi connectivity index (χ1) is 8.62. The van der Waals surface area contributed by atoms with Crippen LogP contribution in [0.1, 0.15) is 71.1 Å². The molecule has 0 aliphatic rings. The van der Waals surface area contributed by atoms with Gasteiger partial charge in [0.2, 0.25) is 0 Å². The molecule has 0 saturated carbocycles. The highest BCUT2D eigenvalue weighted by atomic mass is 16.3. The highest BCUT2D eigenvalue weighted by molar-refractivity contribution is 4.47. The summed E-state index contributed by atoms with van der Waals surface area (Å²) in [4.78, 5) is 0. The van der Waals surface area contributed by atoms with Crippen molar-refractivity contribution in [3.05, 3.63) is 0 Å². The van der Waals surface area contributed by atoms with Crippen molar-refractivity contribution in [3.8, 4) is 0 Å². The standard InChI is InChI=1S/C16H36NO.H2O/c1-4-5-6-7-8-9-10-11-12-13-14-17(2,3)15-16-18;/h18H,4-16H2,1-3H3;1H2/q+1;/p-1. The number of aliphatic hydroxyl groups excluding tert-OH is 1. The van der Waals surface area contributed by atoms with E-state index in [9.17, 15) is 0 Å². The highest BCUT2D eigenvalue weighted by Gasteiger charge is 2.12. The molecule has 0 spiro atoms. The molecule has 2 N–H and O–H groups in total. The van der Waals surface area contributed by atoms with Gasteiger partial charge in [0.1, 0.15) is 6.54 Å². The van der Waals surface area contributed by atoms with Crippen LogP contribution < -0.4 is 0 Å². The van der Waals surface area contributed by atoms with Crippen molar-refractivity contribution in [3.63, 3.8) is 0 Å². The quantitative estimate of drug-likeness (QED) is 0.410. The van der Waals surface area contributed by atoms with E-state index in [1.807, 2.05) is 0 Å². The van der Waals surface area contributed by atoms with Crippen LogP contribution in [0.15, 0.2) is 0 Å². The van der Waals surface area contributed by atoms with Gasteiger partial charge >= 0.3 is 0 Å². The monoisotopic (exact) mass is 275 g/mol. The molecule has 0 aliphatic heterocycles. The minimum atomic E-state index is 0. The van der Waals surface area contributed by atoms with Crippen LogP contribution in [0.2, 0.25) is 0 Å². The molecule has 0 heterocycles. The van der Waals surface area contributed by atoms with E-state index >= 15 is 0 Å². The topological polar surface area (TPSA) is 50.2 Å². The Labute approximate surface area is 120 Å². The van der Waals surface area contributed by atoms with Crippen LogP contribution in [0.5, 0.6) is 0 Å². The maximum absolute atomic E-state index is 8.95. The first kappa shape index (κ1) is 21.2. The van der Waals surface area contributed by atoms with Crippen molar-refractivity contribution in [2.75, 3.05) is 33.8 Å². The van der Waals surface area contributed by atoms with Gasteiger partial charge in [-0.3, -0.25) is 0 Å². The fourth-order valence-corrected chi connectivity index (χ4v) is 2.41. The number of likely N-dealkylation sites (N-methyl/N-ethyl adjacent to an activating group) is 1. The maximum atomic E-state index is 8.95. The van der Waals surface area contributed by atoms with Gasteiger partial charge in [-0.15, -0.1) is 0 Å². The number of rotatable bonds is 13. The second-order valence-electron chi connectivity index (χ2n) is 6.29. The molecule has 0 aromatic carbocycles. The second-order valence-corrected chi connectivity index (χ2v) is 6.29. The van der Waals surface area contributed by atoms with Gasteiger partial charge in [-0.2, -0.15) is 0 Å². The molecule has 0 fully saturated rings. The number of aliphatic hydroxyl groups is 1.